The average molecular weight is 260 g/mol. The summed E-state index contributed by atoms with van der Waals surface area (Å²) in [6, 6.07) is 0.672. The van der Waals surface area contributed by atoms with Crippen molar-refractivity contribution in [3.05, 3.63) is 11.4 Å². The van der Waals surface area contributed by atoms with Crippen molar-refractivity contribution < 1.29 is 0 Å². The van der Waals surface area contributed by atoms with Crippen LogP contribution in [0.3, 0.4) is 0 Å². The van der Waals surface area contributed by atoms with Gasteiger partial charge in [-0.05, 0) is 32.1 Å². The minimum Gasteiger partial charge on any atom is -0.383 e. The highest BCUT2D eigenvalue weighted by Gasteiger charge is 2.39. The summed E-state index contributed by atoms with van der Waals surface area (Å²) in [7, 11) is 0. The van der Waals surface area contributed by atoms with Crippen LogP contribution < -0.4 is 10.6 Å². The molecule has 4 nitrogen and oxygen atoms in total. The van der Waals surface area contributed by atoms with Crippen LogP contribution in [-0.2, 0) is 5.41 Å². The van der Waals surface area contributed by atoms with Crippen LogP contribution in [0.25, 0.3) is 0 Å². The van der Waals surface area contributed by atoms with Crippen LogP contribution in [0.2, 0.25) is 0 Å². The Bertz CT molecular complexity index is 504. The summed E-state index contributed by atoms with van der Waals surface area (Å²) < 4.78 is 0. The topological polar surface area (TPSA) is 55.0 Å². The first-order valence-corrected chi connectivity index (χ1v) is 7.27. The summed E-state index contributed by atoms with van der Waals surface area (Å²) in [4.78, 5) is 11.8. The maximum atomic E-state index is 6.11. The SMILES string of the molecule is Cc1c(N)nc(C(C)(C)C)nc1N1CC2CCC1C2. The zero-order valence-electron chi connectivity index (χ0n) is 12.4. The van der Waals surface area contributed by atoms with Gasteiger partial charge in [-0.1, -0.05) is 20.8 Å². The average Bonchev–Trinajstić information content (AvgIpc) is 2.93. The van der Waals surface area contributed by atoms with Crippen molar-refractivity contribution in [3.8, 4) is 0 Å². The van der Waals surface area contributed by atoms with Crippen LogP contribution in [0, 0.1) is 12.8 Å². The summed E-state index contributed by atoms with van der Waals surface area (Å²) in [6.07, 6.45) is 4.01. The lowest BCUT2D eigenvalue weighted by molar-refractivity contribution is 0.530. The molecule has 0 radical (unpaired) electrons. The van der Waals surface area contributed by atoms with Gasteiger partial charge >= 0.3 is 0 Å². The second kappa shape index (κ2) is 4.09. The van der Waals surface area contributed by atoms with E-state index in [4.69, 9.17) is 10.7 Å². The van der Waals surface area contributed by atoms with E-state index >= 15 is 0 Å². The van der Waals surface area contributed by atoms with Crippen LogP contribution in [0.5, 0.6) is 0 Å². The van der Waals surface area contributed by atoms with Gasteiger partial charge in [-0.25, -0.2) is 9.97 Å². The second-order valence-corrected chi connectivity index (χ2v) is 7.12. The zero-order chi connectivity index (χ0) is 13.8. The van der Waals surface area contributed by atoms with Gasteiger partial charge in [0, 0.05) is 23.6 Å². The number of nitrogen functional groups attached to an aromatic ring is 1. The molecule has 1 saturated heterocycles. The molecule has 2 N–H and O–H groups in total. The Morgan fingerprint density at radius 2 is 1.95 bits per heavy atom. The molecule has 0 spiro atoms. The van der Waals surface area contributed by atoms with Gasteiger partial charge in [-0.2, -0.15) is 0 Å². The van der Waals surface area contributed by atoms with E-state index < -0.39 is 0 Å². The number of nitrogens with zero attached hydrogens (tertiary/aromatic N) is 3. The van der Waals surface area contributed by atoms with Crippen molar-refractivity contribution in [2.75, 3.05) is 17.2 Å². The van der Waals surface area contributed by atoms with Gasteiger partial charge in [0.1, 0.15) is 17.5 Å². The normalized spacial score (nSPS) is 26.2. The molecule has 2 fully saturated rings. The Morgan fingerprint density at radius 1 is 1.21 bits per heavy atom. The van der Waals surface area contributed by atoms with Crippen molar-refractivity contribution in [2.24, 2.45) is 5.92 Å². The molecule has 3 rings (SSSR count). The summed E-state index contributed by atoms with van der Waals surface area (Å²) in [5.41, 5.74) is 7.09. The third-order valence-corrected chi connectivity index (χ3v) is 4.51. The predicted molar refractivity (Wildman–Crippen MR) is 78.4 cm³/mol. The zero-order valence-corrected chi connectivity index (χ0v) is 12.4. The van der Waals surface area contributed by atoms with Gasteiger partial charge in [0.2, 0.25) is 0 Å². The lowest BCUT2D eigenvalue weighted by atomic mass is 9.95. The lowest BCUT2D eigenvalue weighted by Crippen LogP contribution is -2.34. The van der Waals surface area contributed by atoms with Crippen molar-refractivity contribution in [3.63, 3.8) is 0 Å². The van der Waals surface area contributed by atoms with Crippen LogP contribution in [-0.4, -0.2) is 22.6 Å². The van der Waals surface area contributed by atoms with E-state index in [9.17, 15) is 0 Å². The summed E-state index contributed by atoms with van der Waals surface area (Å²) >= 11 is 0. The molecule has 1 aliphatic heterocycles. The molecule has 2 heterocycles. The molecule has 2 aliphatic rings. The van der Waals surface area contributed by atoms with Gasteiger partial charge in [0.15, 0.2) is 0 Å². The van der Waals surface area contributed by atoms with Crippen LogP contribution in [0.1, 0.15) is 51.4 Å². The van der Waals surface area contributed by atoms with E-state index in [0.29, 0.717) is 11.9 Å². The minimum atomic E-state index is -0.0602. The van der Waals surface area contributed by atoms with E-state index in [-0.39, 0.29) is 5.41 Å². The Hall–Kier alpha value is -1.32. The van der Waals surface area contributed by atoms with E-state index in [1.54, 1.807) is 0 Å². The maximum absolute atomic E-state index is 6.11. The Morgan fingerprint density at radius 3 is 2.47 bits per heavy atom. The number of hydrogen-bond acceptors (Lipinski definition) is 4. The first-order chi connectivity index (χ1) is 8.86. The van der Waals surface area contributed by atoms with Gasteiger partial charge in [0.05, 0.1) is 0 Å². The van der Waals surface area contributed by atoms with Gasteiger partial charge in [-0.3, -0.25) is 0 Å². The molecule has 0 amide bonds. The van der Waals surface area contributed by atoms with Crippen molar-refractivity contribution in [2.45, 2.75) is 58.4 Å². The van der Waals surface area contributed by atoms with Crippen LogP contribution >= 0.6 is 0 Å². The molecule has 0 aromatic carbocycles. The van der Waals surface area contributed by atoms with Gasteiger partial charge in [0.25, 0.3) is 0 Å². The molecular formula is C15H24N4. The summed E-state index contributed by atoms with van der Waals surface area (Å²) in [5.74, 6) is 3.43. The molecule has 2 unspecified atom stereocenters. The smallest absolute Gasteiger partial charge is 0.138 e. The monoisotopic (exact) mass is 260 g/mol. The molecule has 1 aromatic heterocycles. The standard InChI is InChI=1S/C15H24N4/c1-9-12(16)17-14(15(2,3)4)18-13(9)19-8-10-5-6-11(19)7-10/h10-11H,5-8H2,1-4H3,(H2,16,17,18). The number of fused-ring (bicyclic) bond motifs is 2. The number of hydrogen-bond donors (Lipinski definition) is 1. The molecular weight excluding hydrogens is 236 g/mol. The molecule has 19 heavy (non-hydrogen) atoms. The third kappa shape index (κ3) is 2.07. The second-order valence-electron chi connectivity index (χ2n) is 7.12. The van der Waals surface area contributed by atoms with Crippen molar-refractivity contribution in [1.82, 2.24) is 9.97 Å². The largest absolute Gasteiger partial charge is 0.383 e. The Labute approximate surface area is 115 Å². The molecule has 4 heteroatoms. The summed E-state index contributed by atoms with van der Waals surface area (Å²) in [5, 5.41) is 0. The quantitative estimate of drug-likeness (QED) is 0.843. The fourth-order valence-electron chi connectivity index (χ4n) is 3.32. The number of piperidine rings is 1. The Balaban J connectivity index is 2.03. The van der Waals surface area contributed by atoms with E-state index in [1.165, 1.54) is 19.3 Å². The molecule has 1 aliphatic carbocycles. The highest BCUT2D eigenvalue weighted by atomic mass is 15.3. The van der Waals surface area contributed by atoms with E-state index in [0.717, 1.165) is 29.7 Å². The van der Waals surface area contributed by atoms with Crippen LogP contribution in [0.4, 0.5) is 11.6 Å². The number of rotatable bonds is 1. The molecule has 2 atom stereocenters. The van der Waals surface area contributed by atoms with Crippen molar-refractivity contribution in [1.29, 1.82) is 0 Å². The maximum Gasteiger partial charge on any atom is 0.138 e. The molecule has 1 saturated carbocycles. The van der Waals surface area contributed by atoms with E-state index in [2.05, 4.69) is 30.7 Å². The highest BCUT2D eigenvalue weighted by Crippen LogP contribution is 2.41. The van der Waals surface area contributed by atoms with Crippen LogP contribution in [0.15, 0.2) is 0 Å². The van der Waals surface area contributed by atoms with Crippen molar-refractivity contribution >= 4 is 11.6 Å². The fraction of sp³-hybridized carbons (Fsp3) is 0.733. The molecule has 2 bridgehead atoms. The lowest BCUT2D eigenvalue weighted by Gasteiger charge is -2.31. The first kappa shape index (κ1) is 12.7. The number of anilines is 2. The first-order valence-electron chi connectivity index (χ1n) is 7.27. The fourth-order valence-corrected chi connectivity index (χ4v) is 3.32. The van der Waals surface area contributed by atoms with E-state index in [1.807, 2.05) is 6.92 Å². The number of nitrogens with two attached hydrogens (primary N) is 1. The Kier molecular flexibility index (Phi) is 2.73. The summed E-state index contributed by atoms with van der Waals surface area (Å²) in [6.45, 7) is 9.60. The minimum absolute atomic E-state index is 0.0602. The third-order valence-electron chi connectivity index (χ3n) is 4.51. The van der Waals surface area contributed by atoms with Gasteiger partial charge in [-0.15, -0.1) is 0 Å². The molecule has 1 aromatic rings. The highest BCUT2D eigenvalue weighted by molar-refractivity contribution is 5.58. The van der Waals surface area contributed by atoms with Gasteiger partial charge < -0.3 is 10.6 Å². The molecule has 104 valence electrons. The predicted octanol–water partition coefficient (Wildman–Crippen LogP) is 2.65. The number of aromatic nitrogens is 2.